The molecule has 0 aliphatic carbocycles. The van der Waals surface area contributed by atoms with E-state index in [1.54, 1.807) is 39.2 Å². The number of hydrogen-bond acceptors (Lipinski definition) is 5. The van der Waals surface area contributed by atoms with Gasteiger partial charge in [-0.2, -0.15) is 5.26 Å². The van der Waals surface area contributed by atoms with Crippen LogP contribution in [0.1, 0.15) is 43.9 Å². The highest BCUT2D eigenvalue weighted by atomic mass is 16.5. The van der Waals surface area contributed by atoms with Crippen LogP contribution in [0.2, 0.25) is 0 Å². The zero-order valence-corrected chi connectivity index (χ0v) is 19.6. The third-order valence-corrected chi connectivity index (χ3v) is 5.82. The van der Waals surface area contributed by atoms with E-state index in [1.165, 1.54) is 10.5 Å². The zero-order chi connectivity index (χ0) is 24.1. The van der Waals surface area contributed by atoms with Gasteiger partial charge in [-0.1, -0.05) is 42.8 Å². The van der Waals surface area contributed by atoms with Gasteiger partial charge in [-0.25, -0.2) is 0 Å². The van der Waals surface area contributed by atoms with Crippen LogP contribution in [0, 0.1) is 18.3 Å². The first-order valence-corrected chi connectivity index (χ1v) is 10.9. The number of carbonyl (C=O) groups is 2. The lowest BCUT2D eigenvalue weighted by Gasteiger charge is -2.31. The maximum atomic E-state index is 13.2. The van der Waals surface area contributed by atoms with Crippen molar-refractivity contribution in [2.45, 2.75) is 46.8 Å². The molecule has 0 saturated carbocycles. The molecule has 2 aromatic carbocycles. The lowest BCUT2D eigenvalue weighted by molar-refractivity contribution is -0.142. The van der Waals surface area contributed by atoms with Crippen molar-refractivity contribution >= 4 is 17.9 Å². The average molecular weight is 445 g/mol. The molecule has 2 amide bonds. The number of benzene rings is 2. The van der Waals surface area contributed by atoms with Crippen molar-refractivity contribution in [3.63, 3.8) is 0 Å². The van der Waals surface area contributed by atoms with Gasteiger partial charge in [0, 0.05) is 11.6 Å². The van der Waals surface area contributed by atoms with Gasteiger partial charge in [-0.05, 0) is 62.1 Å². The topological polar surface area (TPSA) is 79.6 Å². The number of nitriles is 1. The van der Waals surface area contributed by atoms with Gasteiger partial charge in [0.2, 0.25) is 0 Å². The Bertz CT molecular complexity index is 1170. The van der Waals surface area contributed by atoms with E-state index in [2.05, 4.69) is 0 Å². The van der Waals surface area contributed by atoms with Crippen molar-refractivity contribution in [1.82, 2.24) is 4.90 Å². The van der Waals surface area contributed by atoms with E-state index in [-0.39, 0.29) is 11.6 Å². The van der Waals surface area contributed by atoms with Crippen molar-refractivity contribution in [1.29, 1.82) is 5.26 Å². The second-order valence-electron chi connectivity index (χ2n) is 8.09. The van der Waals surface area contributed by atoms with Gasteiger partial charge in [0.05, 0.1) is 7.11 Å². The fraction of sp³-hybridized carbons (Fsp3) is 0.296. The van der Waals surface area contributed by atoms with Gasteiger partial charge in [-0.3, -0.25) is 14.5 Å². The number of aryl methyl sites for hydroxylation is 1. The summed E-state index contributed by atoms with van der Waals surface area (Å²) in [6.45, 7) is 7.75. The lowest BCUT2D eigenvalue weighted by atomic mass is 9.92. The molecule has 6 heteroatoms. The second kappa shape index (κ2) is 10.2. The van der Waals surface area contributed by atoms with Crippen LogP contribution in [0.3, 0.4) is 0 Å². The average Bonchev–Trinajstić information content (AvgIpc) is 2.81. The first kappa shape index (κ1) is 23.8. The zero-order valence-electron chi connectivity index (χ0n) is 19.6. The standard InChI is InChI=1S/C27H28N2O4/c1-6-18(3)29-26(30)22(19(4)23(15-28)27(29)31)13-21-11-12-24(25(14-21)32-5)33-16-20-9-7-17(2)8-10-20/h7-14,18H,6,16H2,1-5H3/b22-13+. The minimum Gasteiger partial charge on any atom is -0.493 e. The molecule has 0 spiro atoms. The Balaban J connectivity index is 1.93. The van der Waals surface area contributed by atoms with Gasteiger partial charge in [-0.15, -0.1) is 0 Å². The molecule has 0 fully saturated rings. The van der Waals surface area contributed by atoms with E-state index in [1.807, 2.05) is 50.2 Å². The Kier molecular flexibility index (Phi) is 7.34. The monoisotopic (exact) mass is 444 g/mol. The highest BCUT2D eigenvalue weighted by Crippen LogP contribution is 2.33. The van der Waals surface area contributed by atoms with Crippen molar-refractivity contribution < 1.29 is 19.1 Å². The molecule has 2 aromatic rings. The highest BCUT2D eigenvalue weighted by molar-refractivity contribution is 6.19. The molecule has 33 heavy (non-hydrogen) atoms. The molecule has 1 aliphatic rings. The largest absolute Gasteiger partial charge is 0.493 e. The number of amides is 2. The van der Waals surface area contributed by atoms with Crippen molar-refractivity contribution in [3.05, 3.63) is 75.9 Å². The third-order valence-electron chi connectivity index (χ3n) is 5.82. The summed E-state index contributed by atoms with van der Waals surface area (Å²) < 4.78 is 11.4. The van der Waals surface area contributed by atoms with Crippen LogP contribution in [0.4, 0.5) is 0 Å². The Hall–Kier alpha value is -3.85. The molecular weight excluding hydrogens is 416 g/mol. The smallest absolute Gasteiger partial charge is 0.271 e. The summed E-state index contributed by atoms with van der Waals surface area (Å²) in [6, 6.07) is 15.1. The minimum atomic E-state index is -0.538. The Morgan fingerprint density at radius 2 is 1.76 bits per heavy atom. The number of rotatable bonds is 7. The van der Waals surface area contributed by atoms with Gasteiger partial charge in [0.25, 0.3) is 11.8 Å². The van der Waals surface area contributed by atoms with Crippen molar-refractivity contribution in [2.24, 2.45) is 0 Å². The molecule has 1 unspecified atom stereocenters. The SMILES string of the molecule is CCC(C)N1C(=O)C(C#N)=C(C)/C(=C\c2ccc(OCc3ccc(C)cc3)c(OC)c2)C1=O. The number of imide groups is 1. The Morgan fingerprint density at radius 3 is 2.36 bits per heavy atom. The summed E-state index contributed by atoms with van der Waals surface area (Å²) in [5.74, 6) is 0.168. The normalized spacial score (nSPS) is 16.1. The Labute approximate surface area is 194 Å². The minimum absolute atomic E-state index is 0.00818. The second-order valence-corrected chi connectivity index (χ2v) is 8.09. The van der Waals surface area contributed by atoms with Crippen molar-refractivity contribution in [2.75, 3.05) is 7.11 Å². The van der Waals surface area contributed by atoms with E-state index in [9.17, 15) is 14.9 Å². The quantitative estimate of drug-likeness (QED) is 0.445. The molecule has 0 saturated heterocycles. The van der Waals surface area contributed by atoms with Gasteiger partial charge >= 0.3 is 0 Å². The molecule has 6 nitrogen and oxygen atoms in total. The van der Waals surface area contributed by atoms with E-state index in [0.29, 0.717) is 41.2 Å². The summed E-state index contributed by atoms with van der Waals surface area (Å²) in [6.07, 6.45) is 2.28. The Morgan fingerprint density at radius 1 is 1.06 bits per heavy atom. The van der Waals surface area contributed by atoms with E-state index in [0.717, 1.165) is 5.56 Å². The number of carbonyl (C=O) groups excluding carboxylic acids is 2. The fourth-order valence-electron chi connectivity index (χ4n) is 3.59. The van der Waals surface area contributed by atoms with Crippen LogP contribution < -0.4 is 9.47 Å². The highest BCUT2D eigenvalue weighted by Gasteiger charge is 2.37. The molecule has 0 bridgehead atoms. The molecule has 3 rings (SSSR count). The summed E-state index contributed by atoms with van der Waals surface area (Å²) >= 11 is 0. The third kappa shape index (κ3) is 4.98. The summed E-state index contributed by atoms with van der Waals surface area (Å²) in [5.41, 5.74) is 3.62. The van der Waals surface area contributed by atoms with Crippen LogP contribution in [-0.4, -0.2) is 29.9 Å². The van der Waals surface area contributed by atoms with Gasteiger partial charge in [0.15, 0.2) is 11.5 Å². The molecule has 1 aliphatic heterocycles. The molecule has 0 N–H and O–H groups in total. The first-order valence-electron chi connectivity index (χ1n) is 10.9. The van der Waals surface area contributed by atoms with Crippen LogP contribution in [0.5, 0.6) is 11.5 Å². The number of nitrogens with zero attached hydrogens (tertiary/aromatic N) is 2. The number of hydrogen-bond donors (Lipinski definition) is 0. The molecule has 170 valence electrons. The van der Waals surface area contributed by atoms with Crippen LogP contribution in [0.15, 0.2) is 59.2 Å². The van der Waals surface area contributed by atoms with Crippen LogP contribution >= 0.6 is 0 Å². The van der Waals surface area contributed by atoms with Gasteiger partial charge in [0.1, 0.15) is 18.2 Å². The molecule has 1 atom stereocenters. The van der Waals surface area contributed by atoms with Crippen molar-refractivity contribution in [3.8, 4) is 17.6 Å². The predicted octanol–water partition coefficient (Wildman–Crippen LogP) is 4.97. The van der Waals surface area contributed by atoms with Crippen LogP contribution in [-0.2, 0) is 16.2 Å². The van der Waals surface area contributed by atoms with E-state index < -0.39 is 11.8 Å². The predicted molar refractivity (Wildman–Crippen MR) is 126 cm³/mol. The molecular formula is C27H28N2O4. The summed E-state index contributed by atoms with van der Waals surface area (Å²) in [7, 11) is 1.55. The number of ether oxygens (including phenoxy) is 2. The molecule has 0 aromatic heterocycles. The lowest BCUT2D eigenvalue weighted by Crippen LogP contribution is -2.47. The van der Waals surface area contributed by atoms with Gasteiger partial charge < -0.3 is 9.47 Å². The molecule has 1 heterocycles. The summed E-state index contributed by atoms with van der Waals surface area (Å²) in [4.78, 5) is 27.0. The number of methoxy groups -OCH3 is 1. The van der Waals surface area contributed by atoms with E-state index in [4.69, 9.17) is 9.47 Å². The first-order chi connectivity index (χ1) is 15.8. The summed E-state index contributed by atoms with van der Waals surface area (Å²) in [5, 5.41) is 9.53. The maximum Gasteiger partial charge on any atom is 0.271 e. The van der Waals surface area contributed by atoms with E-state index >= 15 is 0 Å². The van der Waals surface area contributed by atoms with Crippen LogP contribution in [0.25, 0.3) is 6.08 Å². The fourth-order valence-corrected chi connectivity index (χ4v) is 3.59. The molecule has 0 radical (unpaired) electrons. The maximum absolute atomic E-state index is 13.2.